The Morgan fingerprint density at radius 2 is 2.09 bits per heavy atom. The van der Waals surface area contributed by atoms with E-state index in [1.54, 1.807) is 0 Å². The lowest BCUT2D eigenvalue weighted by molar-refractivity contribution is 0.0984. The second-order valence-corrected chi connectivity index (χ2v) is 12.0. The van der Waals surface area contributed by atoms with Gasteiger partial charge in [-0.1, -0.05) is 12.0 Å². The van der Waals surface area contributed by atoms with Crippen LogP contribution < -0.4 is 9.64 Å². The van der Waals surface area contributed by atoms with Gasteiger partial charge in [0.15, 0.2) is 5.82 Å². The molecule has 43 heavy (non-hydrogen) atoms. The molecule has 0 amide bonds. The Labute approximate surface area is 245 Å². The average molecular weight is 588 g/mol. The van der Waals surface area contributed by atoms with Gasteiger partial charge in [0.2, 0.25) is 0 Å². The summed E-state index contributed by atoms with van der Waals surface area (Å²) in [6.07, 6.45) is 9.26. The SMILES string of the molecule is C#Cc1c(F)ccc2cc(O)cc(-c3ncc4c(N5CC6CC5CO6)nc(OCC56CCCN5CC(F)C6)nc4c3F)c12. The highest BCUT2D eigenvalue weighted by Crippen LogP contribution is 2.42. The third-order valence-corrected chi connectivity index (χ3v) is 9.50. The molecule has 4 fully saturated rings. The number of ether oxygens (including phenoxy) is 2. The summed E-state index contributed by atoms with van der Waals surface area (Å²) in [5.41, 5.74) is -0.527. The van der Waals surface area contributed by atoms with Crippen LogP contribution in [0.25, 0.3) is 32.9 Å². The Balaban J connectivity index is 1.28. The number of aromatic nitrogens is 3. The minimum atomic E-state index is -0.918. The number of halogens is 3. The molecule has 4 aromatic rings. The van der Waals surface area contributed by atoms with Gasteiger partial charge in [-0.25, -0.2) is 13.2 Å². The van der Waals surface area contributed by atoms with Crippen LogP contribution in [0.15, 0.2) is 30.5 Å². The van der Waals surface area contributed by atoms with Crippen molar-refractivity contribution < 1.29 is 27.8 Å². The van der Waals surface area contributed by atoms with Crippen molar-refractivity contribution in [3.8, 4) is 35.4 Å². The molecule has 0 radical (unpaired) electrons. The second kappa shape index (κ2) is 9.69. The molecule has 4 unspecified atom stereocenters. The highest BCUT2D eigenvalue weighted by molar-refractivity contribution is 6.03. The number of rotatable bonds is 5. The fraction of sp³-hybridized carbons (Fsp3) is 0.406. The molecular formula is C32H28F3N5O3. The highest BCUT2D eigenvalue weighted by atomic mass is 19.1. The minimum absolute atomic E-state index is 0.0121. The van der Waals surface area contributed by atoms with Gasteiger partial charge < -0.3 is 19.5 Å². The maximum atomic E-state index is 16.7. The third kappa shape index (κ3) is 4.11. The number of anilines is 1. The van der Waals surface area contributed by atoms with Gasteiger partial charge >= 0.3 is 6.01 Å². The Hall–Kier alpha value is -4.14. The van der Waals surface area contributed by atoms with Gasteiger partial charge in [0.25, 0.3) is 0 Å². The summed E-state index contributed by atoms with van der Waals surface area (Å²) >= 11 is 0. The van der Waals surface area contributed by atoms with E-state index >= 15 is 4.39 Å². The maximum Gasteiger partial charge on any atom is 0.319 e. The number of fused-ring (bicyclic) bond motifs is 5. The van der Waals surface area contributed by atoms with E-state index < -0.39 is 23.3 Å². The largest absolute Gasteiger partial charge is 0.508 e. The number of nitrogens with zero attached hydrogens (tertiary/aromatic N) is 5. The molecular weight excluding hydrogens is 559 g/mol. The van der Waals surface area contributed by atoms with Gasteiger partial charge in [0.05, 0.1) is 35.2 Å². The smallest absolute Gasteiger partial charge is 0.319 e. The molecule has 4 atom stereocenters. The van der Waals surface area contributed by atoms with Crippen LogP contribution in [0, 0.1) is 24.0 Å². The molecule has 11 heteroatoms. The van der Waals surface area contributed by atoms with Crippen molar-refractivity contribution in [1.82, 2.24) is 19.9 Å². The first kappa shape index (κ1) is 26.5. The lowest BCUT2D eigenvalue weighted by Crippen LogP contribution is -2.43. The quantitative estimate of drug-likeness (QED) is 0.336. The summed E-state index contributed by atoms with van der Waals surface area (Å²) in [7, 11) is 0. The zero-order valence-electron chi connectivity index (χ0n) is 23.2. The summed E-state index contributed by atoms with van der Waals surface area (Å²) in [6, 6.07) is 5.49. The van der Waals surface area contributed by atoms with E-state index in [4.69, 9.17) is 20.9 Å². The monoisotopic (exact) mass is 587 g/mol. The summed E-state index contributed by atoms with van der Waals surface area (Å²) in [5, 5.41) is 11.6. The Morgan fingerprint density at radius 1 is 1.21 bits per heavy atom. The molecule has 2 bridgehead atoms. The topological polar surface area (TPSA) is 83.8 Å². The Kier molecular flexibility index (Phi) is 5.97. The van der Waals surface area contributed by atoms with Crippen molar-refractivity contribution in [2.24, 2.45) is 0 Å². The van der Waals surface area contributed by atoms with E-state index in [9.17, 15) is 13.9 Å². The molecule has 8 rings (SSSR count). The van der Waals surface area contributed by atoms with E-state index in [1.165, 1.54) is 30.5 Å². The number of terminal acetylenes is 1. The minimum Gasteiger partial charge on any atom is -0.508 e. The van der Waals surface area contributed by atoms with Crippen LogP contribution in [0.1, 0.15) is 31.2 Å². The Morgan fingerprint density at radius 3 is 2.88 bits per heavy atom. The van der Waals surface area contributed by atoms with Crippen LogP contribution in [-0.2, 0) is 4.74 Å². The average Bonchev–Trinajstić information content (AvgIpc) is 3.77. The lowest BCUT2D eigenvalue weighted by Gasteiger charge is -2.31. The van der Waals surface area contributed by atoms with Crippen molar-refractivity contribution in [3.63, 3.8) is 0 Å². The normalized spacial score (nSPS) is 26.5. The van der Waals surface area contributed by atoms with Gasteiger partial charge in [-0.15, -0.1) is 6.42 Å². The predicted octanol–water partition coefficient (Wildman–Crippen LogP) is 4.74. The number of hydrogen-bond donors (Lipinski definition) is 1. The summed E-state index contributed by atoms with van der Waals surface area (Å²) in [5.74, 6) is 1.27. The van der Waals surface area contributed by atoms with E-state index in [0.717, 1.165) is 25.8 Å². The van der Waals surface area contributed by atoms with E-state index in [-0.39, 0.29) is 58.2 Å². The zero-order chi connectivity index (χ0) is 29.5. The summed E-state index contributed by atoms with van der Waals surface area (Å²) in [6.45, 7) is 2.50. The van der Waals surface area contributed by atoms with Gasteiger partial charge in [-0.3, -0.25) is 9.88 Å². The van der Waals surface area contributed by atoms with Crippen molar-refractivity contribution in [2.75, 3.05) is 37.7 Å². The number of phenols is 1. The molecule has 0 saturated carbocycles. The summed E-state index contributed by atoms with van der Waals surface area (Å²) < 4.78 is 57.8. The number of aromatic hydroxyl groups is 1. The van der Waals surface area contributed by atoms with E-state index in [1.807, 2.05) is 0 Å². The summed E-state index contributed by atoms with van der Waals surface area (Å²) in [4.78, 5) is 17.9. The number of hydrogen-bond acceptors (Lipinski definition) is 8. The molecule has 4 saturated heterocycles. The predicted molar refractivity (Wildman–Crippen MR) is 154 cm³/mol. The number of phenolic OH excluding ortho intramolecular Hbond substituents is 1. The van der Waals surface area contributed by atoms with E-state index in [0.29, 0.717) is 42.7 Å². The van der Waals surface area contributed by atoms with E-state index in [2.05, 4.69) is 25.7 Å². The van der Waals surface area contributed by atoms with Crippen LogP contribution >= 0.6 is 0 Å². The third-order valence-electron chi connectivity index (χ3n) is 9.50. The molecule has 0 aliphatic carbocycles. The van der Waals surface area contributed by atoms with Gasteiger partial charge in [-0.2, -0.15) is 9.97 Å². The number of pyridine rings is 1. The molecule has 1 N–H and O–H groups in total. The standard InChI is InChI=1S/C32H28F3N5O3/c1-2-22-25(34)5-4-17-8-20(41)10-23(26(17)22)28-27(35)29-24(12-36-28)30(40-14-21-9-19(40)15-42-21)38-31(37-29)43-16-32-6-3-7-39(32)13-18(33)11-32/h1,4-5,8,10,12,18-19,21,41H,3,6-7,9,11,13-16H2. The molecule has 4 aliphatic rings. The molecule has 2 aromatic carbocycles. The van der Waals surface area contributed by atoms with Crippen LogP contribution in [0.3, 0.4) is 0 Å². The van der Waals surface area contributed by atoms with Crippen molar-refractivity contribution in [2.45, 2.75) is 49.5 Å². The first-order valence-electron chi connectivity index (χ1n) is 14.5. The van der Waals surface area contributed by atoms with Gasteiger partial charge in [0.1, 0.15) is 41.4 Å². The van der Waals surface area contributed by atoms with Crippen LogP contribution in [0.4, 0.5) is 19.0 Å². The molecule has 6 heterocycles. The zero-order valence-corrected chi connectivity index (χ0v) is 23.2. The Bertz CT molecular complexity index is 1850. The lowest BCUT2D eigenvalue weighted by atomic mass is 9.95. The van der Waals surface area contributed by atoms with Crippen molar-refractivity contribution in [1.29, 1.82) is 0 Å². The molecule has 4 aliphatic heterocycles. The molecule has 2 aromatic heterocycles. The molecule has 220 valence electrons. The molecule has 0 spiro atoms. The molecule has 8 nitrogen and oxygen atoms in total. The van der Waals surface area contributed by atoms with Crippen LogP contribution in [0.2, 0.25) is 0 Å². The van der Waals surface area contributed by atoms with Gasteiger partial charge in [0, 0.05) is 36.7 Å². The van der Waals surface area contributed by atoms with Crippen LogP contribution in [-0.4, -0.2) is 81.7 Å². The van der Waals surface area contributed by atoms with Crippen molar-refractivity contribution >= 4 is 27.5 Å². The first-order valence-corrected chi connectivity index (χ1v) is 14.5. The highest BCUT2D eigenvalue weighted by Gasteiger charge is 2.49. The van der Waals surface area contributed by atoms with Gasteiger partial charge in [-0.05, 0) is 49.4 Å². The fourth-order valence-corrected chi connectivity index (χ4v) is 7.55. The first-order chi connectivity index (χ1) is 20.8. The van der Waals surface area contributed by atoms with Crippen LogP contribution in [0.5, 0.6) is 11.8 Å². The number of benzene rings is 2. The maximum absolute atomic E-state index is 16.7. The van der Waals surface area contributed by atoms with Crippen molar-refractivity contribution in [3.05, 3.63) is 47.7 Å². The number of morpholine rings is 1. The fourth-order valence-electron chi connectivity index (χ4n) is 7.55. The number of alkyl halides is 1. The second-order valence-electron chi connectivity index (χ2n) is 12.0.